The average Bonchev–Trinajstić information content (AvgIpc) is 3.29. The van der Waals surface area contributed by atoms with Gasteiger partial charge < -0.3 is 9.64 Å². The monoisotopic (exact) mass is 433 g/mol. The summed E-state index contributed by atoms with van der Waals surface area (Å²) in [7, 11) is 0. The summed E-state index contributed by atoms with van der Waals surface area (Å²) in [6, 6.07) is 5.82. The highest BCUT2D eigenvalue weighted by molar-refractivity contribution is 8.14. The van der Waals surface area contributed by atoms with Crippen molar-refractivity contribution in [3.05, 3.63) is 33.9 Å². The maximum absolute atomic E-state index is 11.2. The van der Waals surface area contributed by atoms with Crippen LogP contribution in [0.4, 0.5) is 11.4 Å². The van der Waals surface area contributed by atoms with Crippen molar-refractivity contribution in [1.29, 1.82) is 0 Å². The zero-order valence-electron chi connectivity index (χ0n) is 19.1. The molecule has 0 radical (unpaired) electrons. The van der Waals surface area contributed by atoms with Gasteiger partial charge in [-0.05, 0) is 58.1 Å². The minimum absolute atomic E-state index is 0.104. The van der Waals surface area contributed by atoms with Gasteiger partial charge in [-0.15, -0.1) is 0 Å². The van der Waals surface area contributed by atoms with Gasteiger partial charge in [-0.1, -0.05) is 38.5 Å². The van der Waals surface area contributed by atoms with Crippen LogP contribution in [0.2, 0.25) is 0 Å². The van der Waals surface area contributed by atoms with Crippen LogP contribution in [0.1, 0.15) is 78.7 Å². The molecule has 7 heteroatoms. The number of hydrogen-bond acceptors (Lipinski definition) is 5. The molecule has 1 saturated heterocycles. The molecule has 166 valence electrons. The summed E-state index contributed by atoms with van der Waals surface area (Å²) in [5, 5.41) is 12.3. The van der Waals surface area contributed by atoms with E-state index in [4.69, 9.17) is 9.73 Å². The Morgan fingerprint density at radius 3 is 2.47 bits per heavy atom. The summed E-state index contributed by atoms with van der Waals surface area (Å²) >= 11 is 1.79. The van der Waals surface area contributed by atoms with Crippen molar-refractivity contribution in [3.8, 4) is 0 Å². The Labute approximate surface area is 184 Å². The summed E-state index contributed by atoms with van der Waals surface area (Å²) in [6.45, 7) is 12.6. The summed E-state index contributed by atoms with van der Waals surface area (Å²) in [4.78, 5) is 18.5. The van der Waals surface area contributed by atoms with Gasteiger partial charge in [-0.2, -0.15) is 0 Å². The number of non-ortho nitro benzene ring substituents is 1. The van der Waals surface area contributed by atoms with Gasteiger partial charge in [0.05, 0.1) is 28.4 Å². The molecule has 1 aliphatic heterocycles. The first-order valence-electron chi connectivity index (χ1n) is 11.0. The molecule has 0 amide bonds. The summed E-state index contributed by atoms with van der Waals surface area (Å²) in [5.41, 5.74) is 1.70. The molecule has 0 aromatic heterocycles. The molecule has 0 spiro atoms. The summed E-state index contributed by atoms with van der Waals surface area (Å²) in [5.74, 6) is 1.12. The van der Waals surface area contributed by atoms with Crippen LogP contribution in [0.25, 0.3) is 0 Å². The number of nitrogens with zero attached hydrogens (tertiary/aromatic N) is 3. The Morgan fingerprint density at radius 1 is 1.23 bits per heavy atom. The van der Waals surface area contributed by atoms with Crippen molar-refractivity contribution in [1.82, 2.24) is 4.90 Å². The molecular weight excluding hydrogens is 398 g/mol. The second-order valence-electron chi connectivity index (χ2n) is 9.71. The number of ether oxygens (including phenoxy) is 1. The smallest absolute Gasteiger partial charge is 0.269 e. The van der Waals surface area contributed by atoms with Gasteiger partial charge >= 0.3 is 0 Å². The average molecular weight is 434 g/mol. The lowest BCUT2D eigenvalue weighted by Gasteiger charge is -2.37. The molecule has 1 aromatic carbocycles. The minimum atomic E-state index is -0.334. The number of hydrogen-bond donors (Lipinski definition) is 0. The van der Waals surface area contributed by atoms with Crippen molar-refractivity contribution in [3.63, 3.8) is 0 Å². The molecule has 2 atom stereocenters. The highest BCUT2D eigenvalue weighted by Gasteiger charge is 2.41. The van der Waals surface area contributed by atoms with Gasteiger partial charge in [-0.3, -0.25) is 10.1 Å². The van der Waals surface area contributed by atoms with Crippen molar-refractivity contribution >= 4 is 28.3 Å². The number of nitro benzene ring substituents is 1. The lowest BCUT2D eigenvalue weighted by atomic mass is 10.0. The fourth-order valence-electron chi connectivity index (χ4n) is 4.48. The highest BCUT2D eigenvalue weighted by atomic mass is 32.2. The Kier molecular flexibility index (Phi) is 7.13. The minimum Gasteiger partial charge on any atom is -0.371 e. The van der Waals surface area contributed by atoms with Gasteiger partial charge in [0.15, 0.2) is 5.17 Å². The van der Waals surface area contributed by atoms with E-state index in [2.05, 4.69) is 46.4 Å². The van der Waals surface area contributed by atoms with Gasteiger partial charge in [0.1, 0.15) is 0 Å². The first kappa shape index (κ1) is 23.1. The quantitative estimate of drug-likeness (QED) is 0.391. The molecule has 1 heterocycles. The second kappa shape index (κ2) is 9.27. The molecule has 3 rings (SSSR count). The molecule has 1 saturated carbocycles. The Balaban J connectivity index is 1.95. The van der Waals surface area contributed by atoms with Gasteiger partial charge in [0.2, 0.25) is 0 Å². The number of thioether (sulfide) groups is 1. The van der Waals surface area contributed by atoms with Gasteiger partial charge in [0.25, 0.3) is 5.69 Å². The number of benzene rings is 1. The Hall–Kier alpha value is -1.60. The van der Waals surface area contributed by atoms with E-state index in [0.717, 1.165) is 22.2 Å². The molecule has 0 bridgehead atoms. The largest absolute Gasteiger partial charge is 0.371 e. The Morgan fingerprint density at radius 2 is 1.90 bits per heavy atom. The van der Waals surface area contributed by atoms with E-state index in [-0.39, 0.29) is 34.3 Å². The molecule has 2 fully saturated rings. The molecular formula is C23H35N3O3S. The lowest BCUT2D eigenvalue weighted by Crippen LogP contribution is -2.48. The molecule has 30 heavy (non-hydrogen) atoms. The predicted octanol–water partition coefficient (Wildman–Crippen LogP) is 6.27. The third-order valence-electron chi connectivity index (χ3n) is 5.82. The van der Waals surface area contributed by atoms with E-state index < -0.39 is 0 Å². The third kappa shape index (κ3) is 5.35. The molecule has 2 aliphatic rings. The van der Waals surface area contributed by atoms with Crippen LogP contribution in [0, 0.1) is 10.1 Å². The summed E-state index contributed by atoms with van der Waals surface area (Å²) < 4.78 is 6.33. The van der Waals surface area contributed by atoms with E-state index >= 15 is 0 Å². The predicted molar refractivity (Wildman–Crippen MR) is 125 cm³/mol. The van der Waals surface area contributed by atoms with E-state index in [9.17, 15) is 10.1 Å². The second-order valence-corrected chi connectivity index (χ2v) is 10.7. The van der Waals surface area contributed by atoms with E-state index in [1.807, 2.05) is 0 Å². The lowest BCUT2D eigenvalue weighted by molar-refractivity contribution is -0.384. The van der Waals surface area contributed by atoms with Gasteiger partial charge in [0, 0.05) is 23.9 Å². The van der Waals surface area contributed by atoms with Crippen LogP contribution in [0.3, 0.4) is 0 Å². The topological polar surface area (TPSA) is 68.0 Å². The van der Waals surface area contributed by atoms with Crippen molar-refractivity contribution in [2.45, 2.75) is 96.9 Å². The van der Waals surface area contributed by atoms with Crippen molar-refractivity contribution in [2.75, 3.05) is 5.75 Å². The number of nitro groups is 1. The summed E-state index contributed by atoms with van der Waals surface area (Å²) in [6.07, 6.45) is 5.00. The van der Waals surface area contributed by atoms with Crippen LogP contribution in [0.15, 0.2) is 23.2 Å². The highest BCUT2D eigenvalue weighted by Crippen LogP contribution is 2.39. The molecule has 0 N–H and O–H groups in total. The first-order valence-corrected chi connectivity index (χ1v) is 12.0. The normalized spacial score (nSPS) is 23.0. The molecule has 1 aromatic rings. The van der Waals surface area contributed by atoms with Crippen LogP contribution in [0.5, 0.6) is 0 Å². The zero-order valence-corrected chi connectivity index (χ0v) is 19.9. The zero-order chi connectivity index (χ0) is 22.1. The van der Waals surface area contributed by atoms with E-state index in [1.165, 1.54) is 25.7 Å². The van der Waals surface area contributed by atoms with Crippen LogP contribution >= 0.6 is 11.8 Å². The van der Waals surface area contributed by atoms with Crippen molar-refractivity contribution in [2.24, 2.45) is 4.99 Å². The molecule has 2 unspecified atom stereocenters. The van der Waals surface area contributed by atoms with Crippen LogP contribution < -0.4 is 0 Å². The molecule has 1 aliphatic carbocycles. The van der Waals surface area contributed by atoms with Gasteiger partial charge in [-0.25, -0.2) is 4.99 Å². The van der Waals surface area contributed by atoms with Crippen LogP contribution in [-0.4, -0.2) is 44.5 Å². The number of aliphatic imine (C=N–C) groups is 1. The van der Waals surface area contributed by atoms with Crippen LogP contribution in [-0.2, 0) is 4.74 Å². The third-order valence-corrected chi connectivity index (χ3v) is 6.89. The number of rotatable bonds is 6. The fourth-order valence-corrected chi connectivity index (χ4v) is 5.82. The maximum atomic E-state index is 11.2. The Bertz CT molecular complexity index is 797. The SMILES string of the molecule is CC(C)c1cc([N+](=O)[O-])ccc1N=C1SCC(C(C)OC(C)(C)C)N1C1CCCC1. The molecule has 6 nitrogen and oxygen atoms in total. The van der Waals surface area contributed by atoms with E-state index in [1.54, 1.807) is 30.0 Å². The van der Waals surface area contributed by atoms with E-state index in [0.29, 0.717) is 6.04 Å². The fraction of sp³-hybridized carbons (Fsp3) is 0.696. The number of amidine groups is 1. The maximum Gasteiger partial charge on any atom is 0.269 e. The standard InChI is InChI=1S/C23H35N3O3S/c1-15(2)19-13-18(26(27)28)11-12-20(19)24-22-25(17-9-7-8-10-17)21(14-30-22)16(3)29-23(4,5)6/h11-13,15-17,21H,7-10,14H2,1-6H3. The first-order chi connectivity index (χ1) is 14.1. The van der Waals surface area contributed by atoms with Crippen molar-refractivity contribution < 1.29 is 9.66 Å².